The largest absolute Gasteiger partial charge is 0.353 e. The van der Waals surface area contributed by atoms with Crippen molar-refractivity contribution in [3.05, 3.63) is 22.4 Å². The summed E-state index contributed by atoms with van der Waals surface area (Å²) in [7, 11) is 0. The lowest BCUT2D eigenvalue weighted by Crippen LogP contribution is -2.45. The van der Waals surface area contributed by atoms with E-state index in [1.54, 1.807) is 11.3 Å². The Balaban J connectivity index is 1.42. The molecule has 1 aliphatic heterocycles. The van der Waals surface area contributed by atoms with Crippen LogP contribution in [0.15, 0.2) is 17.5 Å². The van der Waals surface area contributed by atoms with Gasteiger partial charge in [0.2, 0.25) is 11.8 Å². The van der Waals surface area contributed by atoms with Gasteiger partial charge in [-0.2, -0.15) is 0 Å². The number of carbonyl (C=O) groups is 2. The molecule has 1 aromatic rings. The molecule has 1 aliphatic carbocycles. The third-order valence-electron chi connectivity index (χ3n) is 4.58. The van der Waals surface area contributed by atoms with E-state index in [-0.39, 0.29) is 23.8 Å². The Bertz CT molecular complexity index is 517. The van der Waals surface area contributed by atoms with Crippen LogP contribution in [0.25, 0.3) is 0 Å². The van der Waals surface area contributed by atoms with Gasteiger partial charge in [-0.3, -0.25) is 9.59 Å². The first-order valence-electron chi connectivity index (χ1n) is 8.25. The van der Waals surface area contributed by atoms with Crippen LogP contribution < -0.4 is 5.32 Å². The maximum Gasteiger partial charge on any atom is 0.225 e. The van der Waals surface area contributed by atoms with E-state index in [0.717, 1.165) is 45.2 Å². The van der Waals surface area contributed by atoms with Crippen LogP contribution in [0.3, 0.4) is 0 Å². The average molecular weight is 320 g/mol. The highest BCUT2D eigenvalue weighted by Gasteiger charge is 2.36. The lowest BCUT2D eigenvalue weighted by molar-refractivity contribution is -0.136. The molecule has 2 amide bonds. The topological polar surface area (TPSA) is 49.4 Å². The van der Waals surface area contributed by atoms with Crippen LogP contribution in [-0.2, 0) is 16.0 Å². The monoisotopic (exact) mass is 320 g/mol. The van der Waals surface area contributed by atoms with Crippen LogP contribution >= 0.6 is 11.3 Å². The zero-order valence-electron chi connectivity index (χ0n) is 13.1. The van der Waals surface area contributed by atoms with Crippen LogP contribution in [-0.4, -0.2) is 35.8 Å². The van der Waals surface area contributed by atoms with E-state index in [1.807, 2.05) is 11.0 Å². The van der Waals surface area contributed by atoms with Gasteiger partial charge in [-0.15, -0.1) is 11.3 Å². The molecule has 0 spiro atoms. The number of amides is 2. The summed E-state index contributed by atoms with van der Waals surface area (Å²) in [5.74, 6) is 0.817. The normalized spacial score (nSPS) is 20.7. The molecule has 1 N–H and O–H groups in total. The van der Waals surface area contributed by atoms with Crippen molar-refractivity contribution in [3.8, 4) is 0 Å². The van der Waals surface area contributed by atoms with Gasteiger partial charge < -0.3 is 10.2 Å². The van der Waals surface area contributed by atoms with Crippen molar-refractivity contribution in [2.45, 2.75) is 45.1 Å². The van der Waals surface area contributed by atoms with E-state index in [2.05, 4.69) is 23.7 Å². The van der Waals surface area contributed by atoms with Gasteiger partial charge in [0.05, 0.1) is 0 Å². The highest BCUT2D eigenvalue weighted by molar-refractivity contribution is 7.09. The predicted molar refractivity (Wildman–Crippen MR) is 87.7 cm³/mol. The fraction of sp³-hybridized carbons (Fsp3) is 0.647. The van der Waals surface area contributed by atoms with Gasteiger partial charge in [0.1, 0.15) is 0 Å². The summed E-state index contributed by atoms with van der Waals surface area (Å²) in [6, 6.07) is 4.31. The van der Waals surface area contributed by atoms with Crippen molar-refractivity contribution < 1.29 is 9.59 Å². The SMILES string of the molecule is CC(Cc1cccs1)NC(=O)C1CCN(C(=O)C2CC2)CC1. The molecule has 2 aliphatic rings. The van der Waals surface area contributed by atoms with E-state index < -0.39 is 0 Å². The highest BCUT2D eigenvalue weighted by atomic mass is 32.1. The minimum atomic E-state index is 0.0639. The van der Waals surface area contributed by atoms with Gasteiger partial charge in [-0.1, -0.05) is 6.07 Å². The zero-order chi connectivity index (χ0) is 15.5. The van der Waals surface area contributed by atoms with Gasteiger partial charge in [-0.25, -0.2) is 0 Å². The van der Waals surface area contributed by atoms with Crippen molar-refractivity contribution >= 4 is 23.2 Å². The lowest BCUT2D eigenvalue weighted by atomic mass is 9.95. The van der Waals surface area contributed by atoms with Crippen molar-refractivity contribution in [2.24, 2.45) is 11.8 Å². The van der Waals surface area contributed by atoms with E-state index in [0.29, 0.717) is 5.91 Å². The van der Waals surface area contributed by atoms with Gasteiger partial charge in [0.25, 0.3) is 0 Å². The second-order valence-corrected chi connectivity index (χ2v) is 7.60. The Kier molecular flexibility index (Phi) is 4.81. The van der Waals surface area contributed by atoms with Crippen molar-refractivity contribution in [3.63, 3.8) is 0 Å². The molecule has 1 saturated heterocycles. The zero-order valence-corrected chi connectivity index (χ0v) is 13.9. The van der Waals surface area contributed by atoms with Crippen LogP contribution in [0.1, 0.15) is 37.5 Å². The Hall–Kier alpha value is -1.36. The smallest absolute Gasteiger partial charge is 0.225 e. The minimum absolute atomic E-state index is 0.0639. The summed E-state index contributed by atoms with van der Waals surface area (Å²) in [4.78, 5) is 27.6. The number of carbonyl (C=O) groups excluding carboxylic acids is 2. The fourth-order valence-electron chi connectivity index (χ4n) is 3.09. The maximum absolute atomic E-state index is 12.3. The molecule has 22 heavy (non-hydrogen) atoms. The van der Waals surface area contributed by atoms with Crippen LogP contribution in [0.4, 0.5) is 0 Å². The molecule has 1 unspecified atom stereocenters. The van der Waals surface area contributed by atoms with E-state index >= 15 is 0 Å². The first kappa shape index (κ1) is 15.5. The molecule has 0 bridgehead atoms. The molecule has 1 saturated carbocycles. The summed E-state index contributed by atoms with van der Waals surface area (Å²) >= 11 is 1.73. The van der Waals surface area contributed by atoms with Crippen LogP contribution in [0, 0.1) is 11.8 Å². The Morgan fingerprint density at radius 3 is 2.59 bits per heavy atom. The first-order valence-corrected chi connectivity index (χ1v) is 9.13. The van der Waals surface area contributed by atoms with Crippen molar-refractivity contribution in [1.29, 1.82) is 0 Å². The van der Waals surface area contributed by atoms with Crippen LogP contribution in [0.5, 0.6) is 0 Å². The molecule has 0 aromatic carbocycles. The minimum Gasteiger partial charge on any atom is -0.353 e. The quantitative estimate of drug-likeness (QED) is 0.906. The van der Waals surface area contributed by atoms with Gasteiger partial charge in [0.15, 0.2) is 0 Å². The number of hydrogen-bond acceptors (Lipinski definition) is 3. The number of likely N-dealkylation sites (tertiary alicyclic amines) is 1. The molecule has 2 heterocycles. The molecule has 120 valence electrons. The summed E-state index contributed by atoms with van der Waals surface area (Å²) < 4.78 is 0. The third kappa shape index (κ3) is 3.88. The molecule has 2 fully saturated rings. The molecule has 1 atom stereocenters. The standard InChI is InChI=1S/C17H24N2O2S/c1-12(11-15-3-2-10-22-15)18-16(20)13-6-8-19(9-7-13)17(21)14-4-5-14/h2-3,10,12-14H,4-9,11H2,1H3,(H,18,20). The number of piperidine rings is 1. The maximum atomic E-state index is 12.3. The Labute approximate surface area is 135 Å². The van der Waals surface area contributed by atoms with E-state index in [1.165, 1.54) is 4.88 Å². The highest BCUT2D eigenvalue weighted by Crippen LogP contribution is 2.32. The number of nitrogens with zero attached hydrogens (tertiary/aromatic N) is 1. The summed E-state index contributed by atoms with van der Waals surface area (Å²) in [5.41, 5.74) is 0. The fourth-order valence-corrected chi connectivity index (χ4v) is 3.93. The molecule has 1 aromatic heterocycles. The Morgan fingerprint density at radius 2 is 2.00 bits per heavy atom. The molecular weight excluding hydrogens is 296 g/mol. The lowest BCUT2D eigenvalue weighted by Gasteiger charge is -2.32. The second-order valence-electron chi connectivity index (χ2n) is 6.57. The average Bonchev–Trinajstić information content (AvgIpc) is 3.25. The predicted octanol–water partition coefficient (Wildman–Crippen LogP) is 2.44. The third-order valence-corrected chi connectivity index (χ3v) is 5.48. The first-order chi connectivity index (χ1) is 10.6. The molecule has 0 radical (unpaired) electrons. The van der Waals surface area contributed by atoms with Gasteiger partial charge in [0, 0.05) is 42.3 Å². The summed E-state index contributed by atoms with van der Waals surface area (Å²) in [5, 5.41) is 5.20. The van der Waals surface area contributed by atoms with E-state index in [9.17, 15) is 9.59 Å². The molecule has 4 nitrogen and oxygen atoms in total. The number of hydrogen-bond donors (Lipinski definition) is 1. The molecule has 3 rings (SSSR count). The molecular formula is C17H24N2O2S. The second kappa shape index (κ2) is 6.82. The van der Waals surface area contributed by atoms with E-state index in [4.69, 9.17) is 0 Å². The van der Waals surface area contributed by atoms with Gasteiger partial charge >= 0.3 is 0 Å². The van der Waals surface area contributed by atoms with Crippen molar-refractivity contribution in [2.75, 3.05) is 13.1 Å². The van der Waals surface area contributed by atoms with Crippen LogP contribution in [0.2, 0.25) is 0 Å². The summed E-state index contributed by atoms with van der Waals surface area (Å²) in [6.07, 6.45) is 4.60. The van der Waals surface area contributed by atoms with Crippen molar-refractivity contribution in [1.82, 2.24) is 10.2 Å². The number of thiophene rings is 1. The number of rotatable bonds is 5. The number of nitrogens with one attached hydrogen (secondary N) is 1. The van der Waals surface area contributed by atoms with Gasteiger partial charge in [-0.05, 0) is 44.1 Å². The molecule has 5 heteroatoms. The Morgan fingerprint density at radius 1 is 1.27 bits per heavy atom. The summed E-state index contributed by atoms with van der Waals surface area (Å²) in [6.45, 7) is 3.54.